The summed E-state index contributed by atoms with van der Waals surface area (Å²) >= 11 is 0. The van der Waals surface area contributed by atoms with Crippen molar-refractivity contribution in [1.29, 1.82) is 0 Å². The Kier molecular flexibility index (Phi) is 4.25. The van der Waals surface area contributed by atoms with Crippen LogP contribution >= 0.6 is 0 Å². The van der Waals surface area contributed by atoms with E-state index in [-0.39, 0.29) is 0 Å². The zero-order valence-electron chi connectivity index (χ0n) is 11.8. The van der Waals surface area contributed by atoms with E-state index in [1.807, 2.05) is 0 Å². The summed E-state index contributed by atoms with van der Waals surface area (Å²) < 4.78 is 11.0. The van der Waals surface area contributed by atoms with Gasteiger partial charge in [-0.3, -0.25) is 4.90 Å². The Morgan fingerprint density at radius 2 is 1.94 bits per heavy atom. The third kappa shape index (κ3) is 3.24. The minimum Gasteiger partial charge on any atom is -0.496 e. The highest BCUT2D eigenvalue weighted by Crippen LogP contribution is 2.20. The standard InChI is InChI=1S/C15H23NO2/c1-11-7-14(5-6-15(11)17-4)10-16-8-12(2)18-13(3)9-16/h5-7,12-13H,8-10H2,1-4H3/t12-,13-/m0/s1. The highest BCUT2D eigenvalue weighted by molar-refractivity contribution is 5.36. The molecule has 100 valence electrons. The van der Waals surface area contributed by atoms with E-state index in [1.165, 1.54) is 11.1 Å². The third-order valence-electron chi connectivity index (χ3n) is 3.36. The van der Waals surface area contributed by atoms with Gasteiger partial charge >= 0.3 is 0 Å². The van der Waals surface area contributed by atoms with E-state index < -0.39 is 0 Å². The molecule has 0 saturated carbocycles. The van der Waals surface area contributed by atoms with Gasteiger partial charge in [0, 0.05) is 19.6 Å². The molecule has 0 aliphatic carbocycles. The van der Waals surface area contributed by atoms with Crippen LogP contribution in [-0.4, -0.2) is 37.3 Å². The van der Waals surface area contributed by atoms with Gasteiger partial charge in [-0.25, -0.2) is 0 Å². The normalized spacial score (nSPS) is 25.1. The van der Waals surface area contributed by atoms with Crippen molar-refractivity contribution in [3.05, 3.63) is 29.3 Å². The maximum absolute atomic E-state index is 5.75. The Labute approximate surface area is 110 Å². The lowest BCUT2D eigenvalue weighted by Crippen LogP contribution is -2.44. The lowest BCUT2D eigenvalue weighted by atomic mass is 10.1. The van der Waals surface area contributed by atoms with E-state index in [0.717, 1.165) is 25.4 Å². The van der Waals surface area contributed by atoms with Gasteiger partial charge in [0.2, 0.25) is 0 Å². The molecule has 0 radical (unpaired) electrons. The van der Waals surface area contributed by atoms with Gasteiger partial charge in [-0.1, -0.05) is 12.1 Å². The van der Waals surface area contributed by atoms with Crippen molar-refractivity contribution < 1.29 is 9.47 Å². The summed E-state index contributed by atoms with van der Waals surface area (Å²) in [5.41, 5.74) is 2.54. The maximum Gasteiger partial charge on any atom is 0.121 e. The van der Waals surface area contributed by atoms with Crippen LogP contribution in [0.4, 0.5) is 0 Å². The molecular formula is C15H23NO2. The number of hydrogen-bond acceptors (Lipinski definition) is 3. The number of hydrogen-bond donors (Lipinski definition) is 0. The Bertz CT molecular complexity index is 395. The first-order chi connectivity index (χ1) is 8.58. The molecule has 0 amide bonds. The lowest BCUT2D eigenvalue weighted by molar-refractivity contribution is -0.0704. The van der Waals surface area contributed by atoms with Gasteiger partial charge in [0.25, 0.3) is 0 Å². The van der Waals surface area contributed by atoms with E-state index in [1.54, 1.807) is 7.11 Å². The van der Waals surface area contributed by atoms with Crippen molar-refractivity contribution in [2.75, 3.05) is 20.2 Å². The molecule has 1 saturated heterocycles. The second-order valence-electron chi connectivity index (χ2n) is 5.26. The second kappa shape index (κ2) is 5.72. The number of nitrogens with zero attached hydrogens (tertiary/aromatic N) is 1. The predicted octanol–water partition coefficient (Wildman–Crippen LogP) is 2.61. The molecule has 1 aromatic rings. The predicted molar refractivity (Wildman–Crippen MR) is 73.0 cm³/mol. The van der Waals surface area contributed by atoms with Gasteiger partial charge in [-0.2, -0.15) is 0 Å². The summed E-state index contributed by atoms with van der Waals surface area (Å²) in [6.45, 7) is 9.38. The fraction of sp³-hybridized carbons (Fsp3) is 0.600. The molecule has 0 aromatic heterocycles. The van der Waals surface area contributed by atoms with E-state index in [0.29, 0.717) is 12.2 Å². The van der Waals surface area contributed by atoms with Crippen molar-refractivity contribution in [1.82, 2.24) is 4.90 Å². The molecule has 0 spiro atoms. The number of ether oxygens (including phenoxy) is 2. The van der Waals surface area contributed by atoms with Crippen molar-refractivity contribution in [2.24, 2.45) is 0 Å². The van der Waals surface area contributed by atoms with Crippen LogP contribution in [0.2, 0.25) is 0 Å². The molecule has 1 fully saturated rings. The molecule has 0 N–H and O–H groups in total. The summed E-state index contributed by atoms with van der Waals surface area (Å²) in [5, 5.41) is 0. The molecule has 1 aromatic carbocycles. The summed E-state index contributed by atoms with van der Waals surface area (Å²) in [6.07, 6.45) is 0.654. The number of rotatable bonds is 3. The second-order valence-corrected chi connectivity index (χ2v) is 5.26. The minimum absolute atomic E-state index is 0.327. The number of aryl methyl sites for hydroxylation is 1. The Morgan fingerprint density at radius 1 is 1.28 bits per heavy atom. The molecule has 18 heavy (non-hydrogen) atoms. The molecule has 1 aliphatic rings. The van der Waals surface area contributed by atoms with Crippen LogP contribution in [0.5, 0.6) is 5.75 Å². The summed E-state index contributed by atoms with van der Waals surface area (Å²) in [7, 11) is 1.72. The van der Waals surface area contributed by atoms with Crippen LogP contribution in [0.25, 0.3) is 0 Å². The Balaban J connectivity index is 2.02. The average Bonchev–Trinajstić information content (AvgIpc) is 2.27. The monoisotopic (exact) mass is 249 g/mol. The maximum atomic E-state index is 5.75. The van der Waals surface area contributed by atoms with Gasteiger partial charge in [0.05, 0.1) is 19.3 Å². The summed E-state index contributed by atoms with van der Waals surface area (Å²) in [4.78, 5) is 2.46. The first-order valence-electron chi connectivity index (χ1n) is 6.60. The van der Waals surface area contributed by atoms with E-state index >= 15 is 0 Å². The zero-order chi connectivity index (χ0) is 13.1. The van der Waals surface area contributed by atoms with Crippen molar-refractivity contribution in [3.63, 3.8) is 0 Å². The summed E-state index contributed by atoms with van der Waals surface area (Å²) in [5.74, 6) is 0.961. The summed E-state index contributed by atoms with van der Waals surface area (Å²) in [6, 6.07) is 6.41. The molecule has 0 bridgehead atoms. The molecule has 1 aliphatic heterocycles. The highest BCUT2D eigenvalue weighted by Gasteiger charge is 2.22. The molecule has 3 nitrogen and oxygen atoms in total. The zero-order valence-corrected chi connectivity index (χ0v) is 11.8. The smallest absolute Gasteiger partial charge is 0.121 e. The Morgan fingerprint density at radius 3 is 2.50 bits per heavy atom. The van der Waals surface area contributed by atoms with E-state index in [2.05, 4.69) is 43.9 Å². The van der Waals surface area contributed by atoms with Gasteiger partial charge in [0.1, 0.15) is 5.75 Å². The molecule has 2 atom stereocenters. The molecule has 2 rings (SSSR count). The lowest BCUT2D eigenvalue weighted by Gasteiger charge is -2.35. The topological polar surface area (TPSA) is 21.7 Å². The quantitative estimate of drug-likeness (QED) is 0.822. The largest absolute Gasteiger partial charge is 0.496 e. The number of morpholine rings is 1. The van der Waals surface area contributed by atoms with Crippen LogP contribution in [0.1, 0.15) is 25.0 Å². The first-order valence-corrected chi connectivity index (χ1v) is 6.60. The SMILES string of the molecule is COc1ccc(CN2C[C@H](C)O[C@@H](C)C2)cc1C. The van der Waals surface area contributed by atoms with Crippen molar-refractivity contribution >= 4 is 0 Å². The first kappa shape index (κ1) is 13.4. The average molecular weight is 249 g/mol. The minimum atomic E-state index is 0.327. The van der Waals surface area contributed by atoms with Gasteiger partial charge in [0.15, 0.2) is 0 Å². The van der Waals surface area contributed by atoms with Gasteiger partial charge < -0.3 is 9.47 Å². The number of benzene rings is 1. The van der Waals surface area contributed by atoms with E-state index in [4.69, 9.17) is 9.47 Å². The Hall–Kier alpha value is -1.06. The van der Waals surface area contributed by atoms with Crippen molar-refractivity contribution in [3.8, 4) is 5.75 Å². The number of methoxy groups -OCH3 is 1. The molecular weight excluding hydrogens is 226 g/mol. The van der Waals surface area contributed by atoms with Crippen LogP contribution in [0.15, 0.2) is 18.2 Å². The third-order valence-corrected chi connectivity index (χ3v) is 3.36. The van der Waals surface area contributed by atoms with Gasteiger partial charge in [-0.05, 0) is 38.0 Å². The molecule has 3 heteroatoms. The van der Waals surface area contributed by atoms with Crippen LogP contribution < -0.4 is 4.74 Å². The van der Waals surface area contributed by atoms with Crippen LogP contribution in [-0.2, 0) is 11.3 Å². The molecule has 1 heterocycles. The fourth-order valence-electron chi connectivity index (χ4n) is 2.71. The van der Waals surface area contributed by atoms with Crippen LogP contribution in [0, 0.1) is 6.92 Å². The van der Waals surface area contributed by atoms with E-state index in [9.17, 15) is 0 Å². The van der Waals surface area contributed by atoms with Gasteiger partial charge in [-0.15, -0.1) is 0 Å². The fourth-order valence-corrected chi connectivity index (χ4v) is 2.71. The van der Waals surface area contributed by atoms with Crippen LogP contribution in [0.3, 0.4) is 0 Å². The highest BCUT2D eigenvalue weighted by atomic mass is 16.5. The molecule has 0 unspecified atom stereocenters. The van der Waals surface area contributed by atoms with Crippen molar-refractivity contribution in [2.45, 2.75) is 39.5 Å².